The van der Waals surface area contributed by atoms with Gasteiger partial charge in [0.15, 0.2) is 0 Å². The molecule has 2 aliphatic rings. The summed E-state index contributed by atoms with van der Waals surface area (Å²) in [5, 5.41) is 13.4. The van der Waals surface area contributed by atoms with Crippen LogP contribution < -0.4 is 0 Å². The van der Waals surface area contributed by atoms with Gasteiger partial charge in [0.05, 0.1) is 5.41 Å². The van der Waals surface area contributed by atoms with Crippen LogP contribution in [0.15, 0.2) is 152 Å². The van der Waals surface area contributed by atoms with Gasteiger partial charge in [-0.2, -0.15) is 0 Å². The minimum absolute atomic E-state index is 0.382. The third kappa shape index (κ3) is 2.84. The zero-order chi connectivity index (χ0) is 30.1. The van der Waals surface area contributed by atoms with Gasteiger partial charge in [-0.15, -0.1) is 0 Å². The maximum Gasteiger partial charge on any atom is 0.0725 e. The Morgan fingerprint density at radius 1 is 0.304 bits per heavy atom. The molecule has 9 aromatic rings. The number of hydrogen-bond donors (Lipinski definition) is 0. The van der Waals surface area contributed by atoms with E-state index < -0.39 is 0 Å². The molecule has 2 aliphatic carbocycles. The molecule has 0 heterocycles. The molecular formula is C45H25Cl. The van der Waals surface area contributed by atoms with E-state index in [4.69, 9.17) is 11.6 Å². The van der Waals surface area contributed by atoms with Crippen molar-refractivity contribution >= 4 is 65.5 Å². The second-order valence-electron chi connectivity index (χ2n) is 12.9. The monoisotopic (exact) mass is 600 g/mol. The van der Waals surface area contributed by atoms with E-state index in [0.29, 0.717) is 0 Å². The molecule has 46 heavy (non-hydrogen) atoms. The Labute approximate surface area is 271 Å². The lowest BCUT2D eigenvalue weighted by Gasteiger charge is -2.30. The quantitative estimate of drug-likeness (QED) is 0.152. The van der Waals surface area contributed by atoms with Crippen LogP contribution in [0.25, 0.3) is 76.1 Å². The predicted molar refractivity (Wildman–Crippen MR) is 195 cm³/mol. The van der Waals surface area contributed by atoms with Gasteiger partial charge in [-0.05, 0) is 123 Å². The lowest BCUT2D eigenvalue weighted by molar-refractivity contribution is 0.795. The summed E-state index contributed by atoms with van der Waals surface area (Å²) < 4.78 is 0. The zero-order valence-electron chi connectivity index (χ0n) is 24.8. The first kappa shape index (κ1) is 24.8. The first-order valence-corrected chi connectivity index (χ1v) is 16.3. The highest BCUT2D eigenvalue weighted by Crippen LogP contribution is 2.63. The Balaban J connectivity index is 1.42. The van der Waals surface area contributed by atoms with Gasteiger partial charge in [0.25, 0.3) is 0 Å². The van der Waals surface area contributed by atoms with E-state index in [1.807, 2.05) is 0 Å². The maximum atomic E-state index is 6.81. The fourth-order valence-corrected chi connectivity index (χ4v) is 9.40. The summed E-state index contributed by atoms with van der Waals surface area (Å²) in [5.41, 5.74) is 10.4. The van der Waals surface area contributed by atoms with Crippen molar-refractivity contribution in [3.63, 3.8) is 0 Å². The summed E-state index contributed by atoms with van der Waals surface area (Å²) in [7, 11) is 0. The molecule has 9 aromatic carbocycles. The molecule has 0 aliphatic heterocycles. The molecule has 0 saturated carbocycles. The van der Waals surface area contributed by atoms with E-state index in [-0.39, 0.29) is 5.41 Å². The van der Waals surface area contributed by atoms with E-state index in [9.17, 15) is 0 Å². The van der Waals surface area contributed by atoms with E-state index in [0.717, 1.165) is 5.02 Å². The molecule has 0 radical (unpaired) electrons. The second-order valence-corrected chi connectivity index (χ2v) is 13.3. The predicted octanol–water partition coefficient (Wildman–Crippen LogP) is 12.4. The molecule has 0 bridgehead atoms. The average molecular weight is 601 g/mol. The van der Waals surface area contributed by atoms with Gasteiger partial charge in [0.1, 0.15) is 0 Å². The first-order chi connectivity index (χ1) is 22.7. The van der Waals surface area contributed by atoms with Gasteiger partial charge in [0, 0.05) is 5.02 Å². The summed E-state index contributed by atoms with van der Waals surface area (Å²) in [6, 6.07) is 56.4. The van der Waals surface area contributed by atoms with Gasteiger partial charge >= 0.3 is 0 Å². The van der Waals surface area contributed by atoms with Crippen LogP contribution >= 0.6 is 11.6 Å². The minimum Gasteiger partial charge on any atom is -0.0843 e. The van der Waals surface area contributed by atoms with E-state index in [1.165, 1.54) is 98.4 Å². The summed E-state index contributed by atoms with van der Waals surface area (Å²) in [6.07, 6.45) is 0. The van der Waals surface area contributed by atoms with Crippen LogP contribution in [0, 0.1) is 0 Å². The number of benzene rings is 9. The third-order valence-electron chi connectivity index (χ3n) is 10.9. The summed E-state index contributed by atoms with van der Waals surface area (Å²) in [6.45, 7) is 0. The third-order valence-corrected chi connectivity index (χ3v) is 11.1. The fraction of sp³-hybridized carbons (Fsp3) is 0.0222. The highest BCUT2D eigenvalue weighted by atomic mass is 35.5. The van der Waals surface area contributed by atoms with Crippen LogP contribution in [-0.4, -0.2) is 0 Å². The largest absolute Gasteiger partial charge is 0.0843 e. The summed E-state index contributed by atoms with van der Waals surface area (Å²) in [4.78, 5) is 0. The molecule has 0 amide bonds. The van der Waals surface area contributed by atoms with Crippen molar-refractivity contribution < 1.29 is 0 Å². The Kier molecular flexibility index (Phi) is 4.66. The van der Waals surface area contributed by atoms with Crippen molar-refractivity contribution in [2.45, 2.75) is 5.41 Å². The molecule has 11 rings (SSSR count). The van der Waals surface area contributed by atoms with Crippen LogP contribution in [0.5, 0.6) is 0 Å². The fourth-order valence-electron chi connectivity index (χ4n) is 9.23. The second kappa shape index (κ2) is 8.63. The molecule has 1 heteroatoms. The number of rotatable bonds is 0. The highest BCUT2D eigenvalue weighted by Gasteiger charge is 2.51. The van der Waals surface area contributed by atoms with Crippen molar-refractivity contribution in [1.29, 1.82) is 0 Å². The molecule has 0 unspecified atom stereocenters. The SMILES string of the molecule is Clc1ccc2c3cc4c(cc3c3c5ccccc5c5ccccc5c3c2c1)-c1ccccc1C41c2ccccc2-c2ccccc21. The Morgan fingerprint density at radius 2 is 0.739 bits per heavy atom. The molecule has 212 valence electrons. The number of hydrogen-bond acceptors (Lipinski definition) is 0. The van der Waals surface area contributed by atoms with Crippen LogP contribution in [0.1, 0.15) is 22.3 Å². The highest BCUT2D eigenvalue weighted by molar-refractivity contribution is 6.41. The van der Waals surface area contributed by atoms with Crippen molar-refractivity contribution in [3.05, 3.63) is 179 Å². The molecule has 1 spiro atoms. The van der Waals surface area contributed by atoms with Gasteiger partial charge in [0.2, 0.25) is 0 Å². The molecule has 0 saturated heterocycles. The van der Waals surface area contributed by atoms with E-state index in [2.05, 4.69) is 152 Å². The van der Waals surface area contributed by atoms with Crippen molar-refractivity contribution in [3.8, 4) is 22.3 Å². The summed E-state index contributed by atoms with van der Waals surface area (Å²) >= 11 is 6.81. The molecular weight excluding hydrogens is 576 g/mol. The van der Waals surface area contributed by atoms with E-state index in [1.54, 1.807) is 0 Å². The smallest absolute Gasteiger partial charge is 0.0725 e. The van der Waals surface area contributed by atoms with Crippen LogP contribution in [0.2, 0.25) is 5.02 Å². The van der Waals surface area contributed by atoms with Gasteiger partial charge in [-0.3, -0.25) is 0 Å². The minimum atomic E-state index is -0.382. The maximum absolute atomic E-state index is 6.81. The number of halogens is 1. The number of fused-ring (bicyclic) bond motifs is 21. The molecule has 0 fully saturated rings. The van der Waals surface area contributed by atoms with Crippen molar-refractivity contribution in [2.24, 2.45) is 0 Å². The molecule has 0 aromatic heterocycles. The van der Waals surface area contributed by atoms with E-state index >= 15 is 0 Å². The van der Waals surface area contributed by atoms with Gasteiger partial charge in [-0.25, -0.2) is 0 Å². The topological polar surface area (TPSA) is 0 Å². The zero-order valence-corrected chi connectivity index (χ0v) is 25.6. The molecule has 0 nitrogen and oxygen atoms in total. The van der Waals surface area contributed by atoms with Crippen molar-refractivity contribution in [1.82, 2.24) is 0 Å². The van der Waals surface area contributed by atoms with Gasteiger partial charge in [-0.1, -0.05) is 139 Å². The summed E-state index contributed by atoms with van der Waals surface area (Å²) in [5.74, 6) is 0. The standard InChI is InChI=1S/C45H25Cl/c46-26-21-22-29-35-25-42-36(24-38(35)44-34-17-4-2-12-28(34)27-11-1-3-16-33(27)43(44)37(29)23-26)32-15-7-10-20-41(32)45(42)39-18-8-5-13-30(39)31-14-6-9-19-40(31)45/h1-25H. The first-order valence-electron chi connectivity index (χ1n) is 16.0. The van der Waals surface area contributed by atoms with Gasteiger partial charge < -0.3 is 0 Å². The van der Waals surface area contributed by atoms with Crippen LogP contribution in [0.3, 0.4) is 0 Å². The Hall–Kier alpha value is -5.43. The lowest BCUT2D eigenvalue weighted by atomic mass is 9.70. The van der Waals surface area contributed by atoms with Crippen LogP contribution in [-0.2, 0) is 5.41 Å². The average Bonchev–Trinajstić information content (AvgIpc) is 3.57. The molecule has 0 N–H and O–H groups in total. The van der Waals surface area contributed by atoms with Crippen molar-refractivity contribution in [2.75, 3.05) is 0 Å². The lowest BCUT2D eigenvalue weighted by Crippen LogP contribution is -2.25. The normalized spacial score (nSPS) is 13.9. The molecule has 0 atom stereocenters. The van der Waals surface area contributed by atoms with Crippen LogP contribution in [0.4, 0.5) is 0 Å². The Bertz CT molecular complexity index is 2770. The Morgan fingerprint density at radius 3 is 1.30 bits per heavy atom.